The van der Waals surface area contributed by atoms with Crippen molar-refractivity contribution in [1.82, 2.24) is 0 Å². The fourth-order valence-corrected chi connectivity index (χ4v) is 7.67. The van der Waals surface area contributed by atoms with Crippen LogP contribution in [-0.2, 0) is 32.7 Å². The summed E-state index contributed by atoms with van der Waals surface area (Å²) in [4.78, 5) is 35.6. The summed E-state index contributed by atoms with van der Waals surface area (Å²) >= 11 is 0. The molecule has 14 heteroatoms. The zero-order chi connectivity index (χ0) is 42.2. The SMILES string of the molecule is CCCCCCCCCC/C=C\C/C=C\CCC(=O)OC(COC(=O)CCCCCCCCCCCCCCC)COP(=O)(O)OC1[C@@H](O)[C@H](O)C(O)[C@H](O)[C@@H]1O. The van der Waals surface area contributed by atoms with Crippen LogP contribution in [0.15, 0.2) is 24.3 Å². The molecule has 1 rings (SSSR count). The van der Waals surface area contributed by atoms with Crippen molar-refractivity contribution in [3.05, 3.63) is 24.3 Å². The number of ether oxygens (including phenoxy) is 2. The van der Waals surface area contributed by atoms with Gasteiger partial charge in [0, 0.05) is 12.8 Å². The maximum Gasteiger partial charge on any atom is 0.472 e. The van der Waals surface area contributed by atoms with E-state index in [1.807, 2.05) is 12.2 Å². The summed E-state index contributed by atoms with van der Waals surface area (Å²) in [5, 5.41) is 50.0. The lowest BCUT2D eigenvalue weighted by Crippen LogP contribution is -2.64. The number of phosphoric ester groups is 1. The fourth-order valence-electron chi connectivity index (χ4n) is 6.69. The number of carbonyl (C=O) groups is 2. The molecule has 0 heterocycles. The van der Waals surface area contributed by atoms with Crippen LogP contribution in [0.2, 0.25) is 0 Å². The van der Waals surface area contributed by atoms with Crippen LogP contribution >= 0.6 is 7.82 Å². The molecule has 1 aliphatic carbocycles. The number of carbonyl (C=O) groups excluding carboxylic acids is 2. The maximum absolute atomic E-state index is 12.8. The van der Waals surface area contributed by atoms with E-state index in [1.165, 1.54) is 109 Å². The number of hydrogen-bond acceptors (Lipinski definition) is 12. The van der Waals surface area contributed by atoms with Crippen molar-refractivity contribution in [3.63, 3.8) is 0 Å². The van der Waals surface area contributed by atoms with E-state index in [4.69, 9.17) is 18.5 Å². The highest BCUT2D eigenvalue weighted by molar-refractivity contribution is 7.47. The van der Waals surface area contributed by atoms with Crippen molar-refractivity contribution >= 4 is 19.8 Å². The summed E-state index contributed by atoms with van der Waals surface area (Å²) in [6.07, 6.45) is 22.6. The second kappa shape index (κ2) is 34.1. The Hall–Kier alpha value is -1.67. The molecule has 0 amide bonds. The molecule has 0 aromatic rings. The van der Waals surface area contributed by atoms with Gasteiger partial charge >= 0.3 is 19.8 Å². The first-order valence-electron chi connectivity index (χ1n) is 22.1. The Bertz CT molecular complexity index is 1100. The summed E-state index contributed by atoms with van der Waals surface area (Å²) in [6.45, 7) is 3.24. The summed E-state index contributed by atoms with van der Waals surface area (Å²) in [6, 6.07) is 0. The zero-order valence-electron chi connectivity index (χ0n) is 35.1. The molecule has 0 aromatic heterocycles. The van der Waals surface area contributed by atoms with Crippen molar-refractivity contribution in [2.24, 2.45) is 0 Å². The number of aliphatic hydroxyl groups is 5. The van der Waals surface area contributed by atoms with Gasteiger partial charge in [-0.1, -0.05) is 160 Å². The second-order valence-electron chi connectivity index (χ2n) is 15.6. The molecule has 0 aliphatic heterocycles. The molecule has 0 radical (unpaired) electrons. The third-order valence-corrected chi connectivity index (χ3v) is 11.3. The standard InChI is InChI=1S/C43H79O13P/c1-3-5-7-9-11-13-15-17-18-20-22-24-26-28-30-32-37(45)55-35(34-54-57(51,52)56-43-41(49)39(47)38(46)40(48)42(43)50)33-53-36(44)31-29-27-25-23-21-19-16-14-12-10-8-6-4-2/h20,22,26,28,35,38-43,46-50H,3-19,21,23-25,27,29-34H2,1-2H3,(H,51,52)/b22-20-,28-26-/t35?,38?,39-,40+,41-,42-,43?/m0/s1. The van der Waals surface area contributed by atoms with Crippen molar-refractivity contribution in [2.45, 2.75) is 224 Å². The van der Waals surface area contributed by atoms with E-state index < -0.39 is 75.7 Å². The lowest BCUT2D eigenvalue weighted by molar-refractivity contribution is -0.220. The van der Waals surface area contributed by atoms with Crippen LogP contribution in [-0.4, -0.2) is 98.3 Å². The average molecular weight is 835 g/mol. The third-order valence-electron chi connectivity index (χ3n) is 10.3. The van der Waals surface area contributed by atoms with Gasteiger partial charge in [0.1, 0.15) is 43.2 Å². The molecule has 13 nitrogen and oxygen atoms in total. The number of unbranched alkanes of at least 4 members (excludes halogenated alkanes) is 20. The van der Waals surface area contributed by atoms with Gasteiger partial charge < -0.3 is 39.9 Å². The quantitative estimate of drug-likeness (QED) is 0.0153. The molecular weight excluding hydrogens is 755 g/mol. The highest BCUT2D eigenvalue weighted by Crippen LogP contribution is 2.47. The Labute approximate surface area is 343 Å². The topological polar surface area (TPSA) is 210 Å². The smallest absolute Gasteiger partial charge is 0.462 e. The van der Waals surface area contributed by atoms with Crippen molar-refractivity contribution in [3.8, 4) is 0 Å². The van der Waals surface area contributed by atoms with E-state index in [2.05, 4.69) is 26.0 Å². The Morgan fingerprint density at radius 3 is 1.49 bits per heavy atom. The van der Waals surface area contributed by atoms with Gasteiger partial charge in [0.2, 0.25) is 0 Å². The minimum Gasteiger partial charge on any atom is -0.462 e. The van der Waals surface area contributed by atoms with Gasteiger partial charge in [-0.05, 0) is 32.1 Å². The van der Waals surface area contributed by atoms with Crippen molar-refractivity contribution in [1.29, 1.82) is 0 Å². The average Bonchev–Trinajstić information content (AvgIpc) is 3.19. The van der Waals surface area contributed by atoms with Gasteiger partial charge in [0.25, 0.3) is 0 Å². The Morgan fingerprint density at radius 2 is 0.982 bits per heavy atom. The maximum atomic E-state index is 12.8. The zero-order valence-corrected chi connectivity index (χ0v) is 36.0. The monoisotopic (exact) mass is 835 g/mol. The number of aliphatic hydroxyl groups excluding tert-OH is 5. The first-order valence-corrected chi connectivity index (χ1v) is 23.6. The van der Waals surface area contributed by atoms with Gasteiger partial charge in [0.05, 0.1) is 6.61 Å². The van der Waals surface area contributed by atoms with Crippen LogP contribution in [0.4, 0.5) is 0 Å². The van der Waals surface area contributed by atoms with Crippen LogP contribution in [0.25, 0.3) is 0 Å². The molecule has 1 aliphatic rings. The minimum atomic E-state index is -5.12. The van der Waals surface area contributed by atoms with Crippen LogP contribution in [0.5, 0.6) is 0 Å². The second-order valence-corrected chi connectivity index (χ2v) is 17.0. The predicted octanol–water partition coefficient (Wildman–Crippen LogP) is 8.06. The van der Waals surface area contributed by atoms with Gasteiger partial charge in [0.15, 0.2) is 6.10 Å². The molecule has 334 valence electrons. The number of rotatable bonds is 36. The van der Waals surface area contributed by atoms with Gasteiger partial charge in [-0.15, -0.1) is 0 Å². The predicted molar refractivity (Wildman–Crippen MR) is 221 cm³/mol. The van der Waals surface area contributed by atoms with E-state index >= 15 is 0 Å². The van der Waals surface area contributed by atoms with Crippen molar-refractivity contribution in [2.75, 3.05) is 13.2 Å². The first kappa shape index (κ1) is 53.3. The molecule has 6 N–H and O–H groups in total. The van der Waals surface area contributed by atoms with Gasteiger partial charge in [-0.2, -0.15) is 0 Å². The minimum absolute atomic E-state index is 0.00623. The molecule has 1 saturated carbocycles. The fraction of sp³-hybridized carbons (Fsp3) is 0.860. The largest absolute Gasteiger partial charge is 0.472 e. The first-order chi connectivity index (χ1) is 27.4. The third kappa shape index (κ3) is 26.9. The normalized spacial score (nSPS) is 22.9. The number of allylic oxidation sites excluding steroid dienone is 4. The highest BCUT2D eigenvalue weighted by atomic mass is 31.2. The van der Waals surface area contributed by atoms with E-state index in [0.717, 1.165) is 32.1 Å². The number of hydrogen-bond donors (Lipinski definition) is 6. The highest BCUT2D eigenvalue weighted by Gasteiger charge is 2.51. The molecule has 4 unspecified atom stereocenters. The Morgan fingerprint density at radius 1 is 0.544 bits per heavy atom. The molecule has 1 fully saturated rings. The molecule has 57 heavy (non-hydrogen) atoms. The lowest BCUT2D eigenvalue weighted by atomic mass is 9.85. The Balaban J connectivity index is 2.52. The summed E-state index contributed by atoms with van der Waals surface area (Å²) in [7, 11) is -5.12. The van der Waals surface area contributed by atoms with Crippen LogP contribution in [0, 0.1) is 0 Å². The van der Waals surface area contributed by atoms with Crippen LogP contribution in [0.3, 0.4) is 0 Å². The molecular formula is C43H79O13P. The molecule has 0 spiro atoms. The van der Waals surface area contributed by atoms with E-state index in [9.17, 15) is 44.6 Å². The van der Waals surface area contributed by atoms with E-state index in [0.29, 0.717) is 12.8 Å². The Kier molecular flexibility index (Phi) is 31.9. The van der Waals surface area contributed by atoms with Gasteiger partial charge in [-0.3, -0.25) is 18.6 Å². The number of phosphoric acid groups is 1. The van der Waals surface area contributed by atoms with Gasteiger partial charge in [-0.25, -0.2) is 4.57 Å². The number of esters is 2. The van der Waals surface area contributed by atoms with E-state index in [1.54, 1.807) is 0 Å². The molecule has 8 atom stereocenters. The lowest BCUT2D eigenvalue weighted by Gasteiger charge is -2.41. The van der Waals surface area contributed by atoms with E-state index in [-0.39, 0.29) is 12.8 Å². The van der Waals surface area contributed by atoms with Crippen LogP contribution < -0.4 is 0 Å². The molecule has 0 bridgehead atoms. The summed E-state index contributed by atoms with van der Waals surface area (Å²) in [5.74, 6) is -1.17. The summed E-state index contributed by atoms with van der Waals surface area (Å²) < 4.78 is 33.4. The van der Waals surface area contributed by atoms with Crippen molar-refractivity contribution < 1.29 is 63.1 Å². The van der Waals surface area contributed by atoms with Crippen LogP contribution in [0.1, 0.15) is 181 Å². The molecule has 0 saturated heterocycles. The molecule has 0 aromatic carbocycles. The summed E-state index contributed by atoms with van der Waals surface area (Å²) in [5.41, 5.74) is 0.